The van der Waals surface area contributed by atoms with Crippen LogP contribution in [-0.4, -0.2) is 19.3 Å². The van der Waals surface area contributed by atoms with Gasteiger partial charge in [-0.05, 0) is 25.0 Å². The summed E-state index contributed by atoms with van der Waals surface area (Å²) in [7, 11) is 0. The van der Waals surface area contributed by atoms with E-state index in [2.05, 4.69) is 46.4 Å². The number of rotatable bonds is 3. The Labute approximate surface area is 99.1 Å². The molecular weight excluding hydrogens is 254 g/mol. The summed E-state index contributed by atoms with van der Waals surface area (Å²) in [6, 6.07) is 9.22. The Morgan fingerprint density at radius 3 is 2.93 bits per heavy atom. The summed E-state index contributed by atoms with van der Waals surface area (Å²) < 4.78 is 6.52. The van der Waals surface area contributed by atoms with E-state index < -0.39 is 0 Å². The molecule has 2 rings (SSSR count). The minimum atomic E-state index is 0.368. The molecule has 1 aromatic carbocycles. The van der Waals surface area contributed by atoms with Gasteiger partial charge in [0.1, 0.15) is 0 Å². The number of nitrogens with one attached hydrogen (secondary N) is 1. The van der Waals surface area contributed by atoms with E-state index in [-0.39, 0.29) is 0 Å². The molecule has 1 N–H and O–H groups in total. The van der Waals surface area contributed by atoms with E-state index in [1.165, 1.54) is 10.0 Å². The monoisotopic (exact) mass is 269 g/mol. The van der Waals surface area contributed by atoms with Gasteiger partial charge in [-0.25, -0.2) is 0 Å². The van der Waals surface area contributed by atoms with Gasteiger partial charge in [0, 0.05) is 23.2 Å². The van der Waals surface area contributed by atoms with Gasteiger partial charge in [0.25, 0.3) is 0 Å². The van der Waals surface area contributed by atoms with Crippen LogP contribution in [0.15, 0.2) is 28.7 Å². The molecule has 1 aromatic rings. The van der Waals surface area contributed by atoms with Crippen molar-refractivity contribution in [2.24, 2.45) is 0 Å². The van der Waals surface area contributed by atoms with Crippen LogP contribution >= 0.6 is 15.9 Å². The Bertz CT molecular complexity index is 323. The highest BCUT2D eigenvalue weighted by Crippen LogP contribution is 2.23. The van der Waals surface area contributed by atoms with Gasteiger partial charge in [0.2, 0.25) is 0 Å². The average molecular weight is 270 g/mol. The molecule has 1 saturated heterocycles. The fraction of sp³-hybridized carbons (Fsp3) is 0.500. The van der Waals surface area contributed by atoms with E-state index >= 15 is 0 Å². The molecule has 3 heteroatoms. The molecule has 0 spiro atoms. The Morgan fingerprint density at radius 2 is 2.27 bits per heavy atom. The molecule has 1 heterocycles. The molecule has 0 radical (unpaired) electrons. The van der Waals surface area contributed by atoms with Crippen LogP contribution in [0.1, 0.15) is 24.9 Å². The molecule has 0 aliphatic carbocycles. The Balaban J connectivity index is 2.00. The topological polar surface area (TPSA) is 21.3 Å². The molecule has 0 aromatic heterocycles. The third-order valence-corrected chi connectivity index (χ3v) is 3.51. The molecule has 0 bridgehead atoms. The normalized spacial score (nSPS) is 22.9. The van der Waals surface area contributed by atoms with Crippen LogP contribution in [0.5, 0.6) is 0 Å². The fourth-order valence-corrected chi connectivity index (χ4v) is 2.56. The van der Waals surface area contributed by atoms with E-state index in [4.69, 9.17) is 4.74 Å². The van der Waals surface area contributed by atoms with Gasteiger partial charge in [0.15, 0.2) is 0 Å². The maximum Gasteiger partial charge on any atom is 0.0620 e. The maximum absolute atomic E-state index is 5.35. The van der Waals surface area contributed by atoms with Crippen molar-refractivity contribution in [1.29, 1.82) is 0 Å². The first-order valence-electron chi connectivity index (χ1n) is 5.35. The lowest BCUT2D eigenvalue weighted by atomic mass is 10.1. The van der Waals surface area contributed by atoms with Crippen LogP contribution in [0.3, 0.4) is 0 Å². The van der Waals surface area contributed by atoms with Crippen molar-refractivity contribution in [1.82, 2.24) is 5.32 Å². The largest absolute Gasteiger partial charge is 0.380 e. The quantitative estimate of drug-likeness (QED) is 0.911. The Kier molecular flexibility index (Phi) is 3.78. The summed E-state index contributed by atoms with van der Waals surface area (Å²) in [5.74, 6) is 0. The van der Waals surface area contributed by atoms with E-state index in [9.17, 15) is 0 Å². The van der Waals surface area contributed by atoms with Crippen molar-refractivity contribution in [3.05, 3.63) is 34.3 Å². The van der Waals surface area contributed by atoms with Gasteiger partial charge in [-0.3, -0.25) is 0 Å². The molecule has 1 fully saturated rings. The van der Waals surface area contributed by atoms with E-state index in [0.29, 0.717) is 12.1 Å². The number of halogens is 1. The lowest BCUT2D eigenvalue weighted by Crippen LogP contribution is -2.31. The van der Waals surface area contributed by atoms with Gasteiger partial charge in [-0.15, -0.1) is 0 Å². The lowest BCUT2D eigenvalue weighted by molar-refractivity contribution is 0.188. The maximum atomic E-state index is 5.35. The predicted octanol–water partition coefficient (Wildman–Crippen LogP) is 2.89. The van der Waals surface area contributed by atoms with Crippen LogP contribution in [0.25, 0.3) is 0 Å². The minimum absolute atomic E-state index is 0.368. The summed E-state index contributed by atoms with van der Waals surface area (Å²) in [6.07, 6.45) is 1.12. The molecule has 2 unspecified atom stereocenters. The zero-order valence-electron chi connectivity index (χ0n) is 8.87. The molecular formula is C12H16BrNO. The second kappa shape index (κ2) is 5.10. The summed E-state index contributed by atoms with van der Waals surface area (Å²) >= 11 is 3.58. The van der Waals surface area contributed by atoms with Crippen LogP contribution < -0.4 is 5.32 Å². The van der Waals surface area contributed by atoms with Gasteiger partial charge in [0.05, 0.1) is 6.61 Å². The Morgan fingerprint density at radius 1 is 1.47 bits per heavy atom. The molecule has 1 aliphatic rings. The summed E-state index contributed by atoms with van der Waals surface area (Å²) in [5, 5.41) is 3.58. The zero-order chi connectivity index (χ0) is 10.7. The number of benzene rings is 1. The standard InChI is InChI=1S/C12H16BrNO/c1-9(14-10-6-7-15-8-10)11-4-2-3-5-12(11)13/h2-5,9-10,14H,6-8H2,1H3. The van der Waals surface area contributed by atoms with Gasteiger partial charge in [-0.2, -0.15) is 0 Å². The zero-order valence-corrected chi connectivity index (χ0v) is 10.5. The summed E-state index contributed by atoms with van der Waals surface area (Å²) in [4.78, 5) is 0. The van der Waals surface area contributed by atoms with Gasteiger partial charge >= 0.3 is 0 Å². The first-order chi connectivity index (χ1) is 7.27. The van der Waals surface area contributed by atoms with E-state index in [1.807, 2.05) is 6.07 Å². The van der Waals surface area contributed by atoms with Crippen molar-refractivity contribution in [2.45, 2.75) is 25.4 Å². The van der Waals surface area contributed by atoms with Crippen molar-refractivity contribution in [2.75, 3.05) is 13.2 Å². The molecule has 2 atom stereocenters. The highest BCUT2D eigenvalue weighted by molar-refractivity contribution is 9.10. The summed E-state index contributed by atoms with van der Waals surface area (Å²) in [5.41, 5.74) is 1.31. The van der Waals surface area contributed by atoms with Crippen LogP contribution in [0, 0.1) is 0 Å². The number of hydrogen-bond acceptors (Lipinski definition) is 2. The van der Waals surface area contributed by atoms with Crippen LogP contribution in [-0.2, 0) is 4.74 Å². The van der Waals surface area contributed by atoms with Crippen molar-refractivity contribution >= 4 is 15.9 Å². The molecule has 0 amide bonds. The van der Waals surface area contributed by atoms with Crippen LogP contribution in [0.2, 0.25) is 0 Å². The van der Waals surface area contributed by atoms with Crippen LogP contribution in [0.4, 0.5) is 0 Å². The SMILES string of the molecule is CC(NC1CCOC1)c1ccccc1Br. The molecule has 2 nitrogen and oxygen atoms in total. The molecule has 1 aliphatic heterocycles. The van der Waals surface area contributed by atoms with Gasteiger partial charge in [-0.1, -0.05) is 34.1 Å². The number of ether oxygens (including phenoxy) is 1. The molecule has 0 saturated carbocycles. The second-order valence-electron chi connectivity index (χ2n) is 3.97. The van der Waals surface area contributed by atoms with Crippen molar-refractivity contribution < 1.29 is 4.74 Å². The average Bonchev–Trinajstić information content (AvgIpc) is 2.71. The molecule has 15 heavy (non-hydrogen) atoms. The second-order valence-corrected chi connectivity index (χ2v) is 4.82. The highest BCUT2D eigenvalue weighted by atomic mass is 79.9. The van der Waals surface area contributed by atoms with E-state index in [1.54, 1.807) is 0 Å². The highest BCUT2D eigenvalue weighted by Gasteiger charge is 2.18. The fourth-order valence-electron chi connectivity index (χ4n) is 1.94. The third-order valence-electron chi connectivity index (χ3n) is 2.79. The van der Waals surface area contributed by atoms with Crippen molar-refractivity contribution in [3.8, 4) is 0 Å². The lowest BCUT2D eigenvalue weighted by Gasteiger charge is -2.19. The first-order valence-corrected chi connectivity index (χ1v) is 6.15. The number of hydrogen-bond donors (Lipinski definition) is 1. The molecule has 82 valence electrons. The van der Waals surface area contributed by atoms with E-state index in [0.717, 1.165) is 19.6 Å². The van der Waals surface area contributed by atoms with Crippen molar-refractivity contribution in [3.63, 3.8) is 0 Å². The predicted molar refractivity (Wildman–Crippen MR) is 64.9 cm³/mol. The van der Waals surface area contributed by atoms with Gasteiger partial charge < -0.3 is 10.1 Å². The summed E-state index contributed by atoms with van der Waals surface area (Å²) in [6.45, 7) is 3.92. The first kappa shape index (κ1) is 11.1. The third kappa shape index (κ3) is 2.80. The smallest absolute Gasteiger partial charge is 0.0620 e. The Hall–Kier alpha value is -0.380. The minimum Gasteiger partial charge on any atom is -0.380 e.